The van der Waals surface area contributed by atoms with Crippen LogP contribution in [-0.2, 0) is 6.54 Å². The lowest BCUT2D eigenvalue weighted by molar-refractivity contribution is -0.0364. The first-order valence-electron chi connectivity index (χ1n) is 8.53. The van der Waals surface area contributed by atoms with Gasteiger partial charge in [-0.2, -0.15) is 8.78 Å². The molecule has 1 aliphatic carbocycles. The SMILES string of the molecule is OC1(CN2CCN(Cc3nccn3C(F)F)CC2)CCCCC1. The highest BCUT2D eigenvalue weighted by Gasteiger charge is 2.32. The van der Waals surface area contributed by atoms with Crippen molar-refractivity contribution in [3.63, 3.8) is 0 Å². The van der Waals surface area contributed by atoms with Crippen molar-refractivity contribution in [2.75, 3.05) is 32.7 Å². The van der Waals surface area contributed by atoms with Gasteiger partial charge in [0.1, 0.15) is 5.82 Å². The van der Waals surface area contributed by atoms with Crippen molar-refractivity contribution < 1.29 is 13.9 Å². The first-order valence-corrected chi connectivity index (χ1v) is 8.53. The third-order valence-electron chi connectivity index (χ3n) is 5.09. The van der Waals surface area contributed by atoms with Gasteiger partial charge in [-0.3, -0.25) is 14.4 Å². The van der Waals surface area contributed by atoms with Gasteiger partial charge in [-0.05, 0) is 12.8 Å². The van der Waals surface area contributed by atoms with Crippen LogP contribution in [0.1, 0.15) is 44.5 Å². The fourth-order valence-electron chi connectivity index (χ4n) is 3.73. The van der Waals surface area contributed by atoms with Crippen molar-refractivity contribution in [2.45, 2.75) is 50.8 Å². The third-order valence-corrected chi connectivity index (χ3v) is 5.09. The lowest BCUT2D eigenvalue weighted by Gasteiger charge is -2.41. The molecule has 2 aliphatic rings. The maximum atomic E-state index is 12.8. The summed E-state index contributed by atoms with van der Waals surface area (Å²) < 4.78 is 26.6. The second-order valence-corrected chi connectivity index (χ2v) is 6.87. The highest BCUT2D eigenvalue weighted by Crippen LogP contribution is 2.29. The molecule has 0 radical (unpaired) electrons. The third kappa shape index (κ3) is 4.28. The maximum Gasteiger partial charge on any atom is 0.319 e. The van der Waals surface area contributed by atoms with Gasteiger partial charge in [-0.15, -0.1) is 0 Å². The molecule has 1 aliphatic heterocycles. The summed E-state index contributed by atoms with van der Waals surface area (Å²) in [5.41, 5.74) is -0.521. The lowest BCUT2D eigenvalue weighted by atomic mass is 9.84. The highest BCUT2D eigenvalue weighted by molar-refractivity contribution is 4.94. The van der Waals surface area contributed by atoms with E-state index in [4.69, 9.17) is 0 Å². The van der Waals surface area contributed by atoms with Crippen LogP contribution in [0, 0.1) is 0 Å². The molecular weight excluding hydrogens is 302 g/mol. The molecule has 2 heterocycles. The maximum absolute atomic E-state index is 12.8. The van der Waals surface area contributed by atoms with Gasteiger partial charge >= 0.3 is 6.55 Å². The van der Waals surface area contributed by atoms with Crippen molar-refractivity contribution in [1.82, 2.24) is 19.4 Å². The Morgan fingerprint density at radius 2 is 1.74 bits per heavy atom. The molecule has 0 unspecified atom stereocenters. The van der Waals surface area contributed by atoms with Gasteiger partial charge in [0.25, 0.3) is 0 Å². The monoisotopic (exact) mass is 328 g/mol. The molecule has 1 N–H and O–H groups in total. The minimum absolute atomic E-state index is 0.416. The Morgan fingerprint density at radius 3 is 2.39 bits per heavy atom. The van der Waals surface area contributed by atoms with Crippen LogP contribution in [0.4, 0.5) is 8.78 Å². The van der Waals surface area contributed by atoms with Gasteiger partial charge in [0.15, 0.2) is 0 Å². The molecule has 0 amide bonds. The molecule has 3 rings (SSSR count). The van der Waals surface area contributed by atoms with Crippen molar-refractivity contribution in [1.29, 1.82) is 0 Å². The minimum Gasteiger partial charge on any atom is -0.389 e. The molecule has 0 spiro atoms. The van der Waals surface area contributed by atoms with E-state index in [0.29, 0.717) is 12.4 Å². The zero-order valence-corrected chi connectivity index (χ0v) is 13.5. The average Bonchev–Trinajstić information content (AvgIpc) is 2.98. The second-order valence-electron chi connectivity index (χ2n) is 6.87. The Labute approximate surface area is 135 Å². The number of hydrogen-bond donors (Lipinski definition) is 1. The molecule has 1 saturated heterocycles. The zero-order valence-electron chi connectivity index (χ0n) is 13.5. The molecule has 1 aromatic rings. The molecule has 0 atom stereocenters. The number of β-amino-alcohol motifs (C(OH)–C–C–N with tert-alkyl or cyclic N) is 1. The highest BCUT2D eigenvalue weighted by atomic mass is 19.3. The molecule has 0 bridgehead atoms. The van der Waals surface area contributed by atoms with E-state index in [-0.39, 0.29) is 0 Å². The van der Waals surface area contributed by atoms with Crippen LogP contribution >= 0.6 is 0 Å². The Balaban J connectivity index is 1.47. The molecule has 1 aromatic heterocycles. The fraction of sp³-hybridized carbons (Fsp3) is 0.812. The first-order chi connectivity index (χ1) is 11.1. The number of hydrogen-bond acceptors (Lipinski definition) is 4. The zero-order chi connectivity index (χ0) is 16.3. The van der Waals surface area contributed by atoms with Crippen molar-refractivity contribution in [3.05, 3.63) is 18.2 Å². The van der Waals surface area contributed by atoms with Gasteiger partial charge in [-0.1, -0.05) is 19.3 Å². The summed E-state index contributed by atoms with van der Waals surface area (Å²) in [7, 11) is 0. The van der Waals surface area contributed by atoms with Crippen molar-refractivity contribution in [2.24, 2.45) is 0 Å². The minimum atomic E-state index is -2.53. The van der Waals surface area contributed by atoms with Crippen LogP contribution in [0.25, 0.3) is 0 Å². The van der Waals surface area contributed by atoms with E-state index in [9.17, 15) is 13.9 Å². The predicted octanol–water partition coefficient (Wildman–Crippen LogP) is 2.09. The van der Waals surface area contributed by atoms with Gasteiger partial charge in [0.2, 0.25) is 0 Å². The van der Waals surface area contributed by atoms with E-state index in [1.807, 2.05) is 0 Å². The van der Waals surface area contributed by atoms with Gasteiger partial charge in [0.05, 0.1) is 12.1 Å². The average molecular weight is 328 g/mol. The predicted molar refractivity (Wildman–Crippen MR) is 83.2 cm³/mol. The van der Waals surface area contributed by atoms with Crippen LogP contribution < -0.4 is 0 Å². The van der Waals surface area contributed by atoms with E-state index < -0.39 is 12.2 Å². The number of piperazine rings is 1. The number of nitrogens with zero attached hydrogens (tertiary/aromatic N) is 4. The molecule has 1 saturated carbocycles. The topological polar surface area (TPSA) is 44.5 Å². The number of halogens is 2. The Morgan fingerprint density at radius 1 is 1.09 bits per heavy atom. The fourth-order valence-corrected chi connectivity index (χ4v) is 3.73. The van der Waals surface area contributed by atoms with Gasteiger partial charge in [0, 0.05) is 45.1 Å². The van der Waals surface area contributed by atoms with Crippen LogP contribution in [-0.4, -0.2) is 62.8 Å². The van der Waals surface area contributed by atoms with Crippen molar-refractivity contribution >= 4 is 0 Å². The van der Waals surface area contributed by atoms with E-state index in [1.165, 1.54) is 18.8 Å². The molecule has 2 fully saturated rings. The number of aliphatic hydroxyl groups is 1. The van der Waals surface area contributed by atoms with E-state index in [0.717, 1.165) is 63.0 Å². The summed E-state index contributed by atoms with van der Waals surface area (Å²) in [6.45, 7) is 2.06. The normalized spacial score (nSPS) is 23.5. The first kappa shape index (κ1) is 16.8. The molecule has 5 nitrogen and oxygen atoms in total. The number of alkyl halides is 2. The molecule has 7 heteroatoms. The molecule has 23 heavy (non-hydrogen) atoms. The number of aromatic nitrogens is 2. The summed E-state index contributed by atoms with van der Waals surface area (Å²) in [4.78, 5) is 8.51. The number of imidazole rings is 1. The van der Waals surface area contributed by atoms with Crippen LogP contribution in [0.5, 0.6) is 0 Å². The standard InChI is InChI=1S/C16H26F2N4O/c17-15(18)22-7-6-19-14(22)12-20-8-10-21(11-9-20)13-16(23)4-2-1-3-5-16/h6-7,15,23H,1-5,8-13H2. The van der Waals surface area contributed by atoms with Gasteiger partial charge in [-0.25, -0.2) is 4.98 Å². The largest absolute Gasteiger partial charge is 0.389 e. The second kappa shape index (κ2) is 7.23. The van der Waals surface area contributed by atoms with Crippen LogP contribution in [0.2, 0.25) is 0 Å². The summed E-state index contributed by atoms with van der Waals surface area (Å²) in [5, 5.41) is 10.6. The quantitative estimate of drug-likeness (QED) is 0.899. The molecule has 0 aromatic carbocycles. The van der Waals surface area contributed by atoms with Crippen molar-refractivity contribution in [3.8, 4) is 0 Å². The smallest absolute Gasteiger partial charge is 0.319 e. The Hall–Kier alpha value is -1.05. The Kier molecular flexibility index (Phi) is 5.28. The van der Waals surface area contributed by atoms with Gasteiger partial charge < -0.3 is 5.11 Å². The van der Waals surface area contributed by atoms with Crippen LogP contribution in [0.15, 0.2) is 12.4 Å². The summed E-state index contributed by atoms with van der Waals surface area (Å²) in [6, 6.07) is 0. The Bertz CT molecular complexity index is 494. The molecule has 130 valence electrons. The summed E-state index contributed by atoms with van der Waals surface area (Å²) in [6.07, 6.45) is 8.02. The summed E-state index contributed by atoms with van der Waals surface area (Å²) >= 11 is 0. The molecular formula is C16H26F2N4O. The van der Waals surface area contributed by atoms with E-state index in [1.54, 1.807) is 0 Å². The summed E-state index contributed by atoms with van der Waals surface area (Å²) in [5.74, 6) is 0.416. The van der Waals surface area contributed by atoms with Crippen LogP contribution in [0.3, 0.4) is 0 Å². The van der Waals surface area contributed by atoms with E-state index >= 15 is 0 Å². The van der Waals surface area contributed by atoms with E-state index in [2.05, 4.69) is 14.8 Å². The lowest BCUT2D eigenvalue weighted by Crippen LogP contribution is -2.52. The number of rotatable bonds is 5.